The van der Waals surface area contributed by atoms with Gasteiger partial charge < -0.3 is 9.47 Å². The van der Waals surface area contributed by atoms with Gasteiger partial charge in [-0.15, -0.1) is 0 Å². The molecule has 0 saturated carbocycles. The predicted octanol–water partition coefficient (Wildman–Crippen LogP) is 2.14. The van der Waals surface area contributed by atoms with E-state index in [1.54, 1.807) is 0 Å². The highest BCUT2D eigenvalue weighted by molar-refractivity contribution is 5.66. The minimum absolute atomic E-state index is 0.0406. The van der Waals surface area contributed by atoms with Gasteiger partial charge in [0.1, 0.15) is 6.10 Å². The number of hydrogen-bond acceptors (Lipinski definition) is 3. The number of rotatable bonds is 6. The van der Waals surface area contributed by atoms with Gasteiger partial charge >= 0.3 is 5.97 Å². The summed E-state index contributed by atoms with van der Waals surface area (Å²) in [5.41, 5.74) is 0. The lowest BCUT2D eigenvalue weighted by Crippen LogP contribution is -2.32. The van der Waals surface area contributed by atoms with E-state index in [1.165, 1.54) is 6.92 Å². The lowest BCUT2D eigenvalue weighted by Gasteiger charge is -2.24. The third-order valence-electron chi connectivity index (χ3n) is 1.92. The van der Waals surface area contributed by atoms with Crippen LogP contribution in [0.5, 0.6) is 0 Å². The first-order chi connectivity index (χ1) is 6.15. The van der Waals surface area contributed by atoms with Crippen molar-refractivity contribution in [2.45, 2.75) is 52.7 Å². The van der Waals surface area contributed by atoms with Crippen molar-refractivity contribution in [2.24, 2.45) is 0 Å². The fourth-order valence-electron chi connectivity index (χ4n) is 1.34. The second-order valence-corrected chi connectivity index (χ2v) is 2.96. The molecule has 0 aliphatic carbocycles. The molecule has 13 heavy (non-hydrogen) atoms. The van der Waals surface area contributed by atoms with E-state index in [0.717, 1.165) is 12.8 Å². The number of hydrogen-bond donors (Lipinski definition) is 0. The molecular weight excluding hydrogens is 168 g/mol. The number of carbonyl (C=O) groups is 1. The Labute approximate surface area is 80.4 Å². The summed E-state index contributed by atoms with van der Waals surface area (Å²) in [6.45, 7) is 8.07. The first-order valence-electron chi connectivity index (χ1n) is 4.94. The molecule has 78 valence electrons. The molecule has 0 aromatic carbocycles. The van der Waals surface area contributed by atoms with Crippen LogP contribution in [0.4, 0.5) is 0 Å². The van der Waals surface area contributed by atoms with Gasteiger partial charge in [-0.2, -0.15) is 0 Å². The van der Waals surface area contributed by atoms with E-state index in [1.807, 2.05) is 20.8 Å². The lowest BCUT2D eigenvalue weighted by atomic mass is 10.1. The van der Waals surface area contributed by atoms with Crippen molar-refractivity contribution in [3.8, 4) is 0 Å². The Morgan fingerprint density at radius 2 is 1.69 bits per heavy atom. The maximum absolute atomic E-state index is 10.8. The van der Waals surface area contributed by atoms with Crippen LogP contribution >= 0.6 is 0 Å². The summed E-state index contributed by atoms with van der Waals surface area (Å²) in [4.78, 5) is 10.8. The summed E-state index contributed by atoms with van der Waals surface area (Å²) in [5.74, 6) is -0.231. The minimum Gasteiger partial charge on any atom is -0.460 e. The van der Waals surface area contributed by atoms with Gasteiger partial charge in [-0.3, -0.25) is 4.79 Å². The Morgan fingerprint density at radius 3 is 2.00 bits per heavy atom. The zero-order valence-electron chi connectivity index (χ0n) is 9.00. The van der Waals surface area contributed by atoms with Gasteiger partial charge in [-0.25, -0.2) is 0 Å². The molecule has 0 fully saturated rings. The summed E-state index contributed by atoms with van der Waals surface area (Å²) < 4.78 is 10.6. The third-order valence-corrected chi connectivity index (χ3v) is 1.92. The monoisotopic (exact) mass is 188 g/mol. The van der Waals surface area contributed by atoms with Crippen LogP contribution in [0.2, 0.25) is 0 Å². The Bertz CT molecular complexity index is 145. The van der Waals surface area contributed by atoms with E-state index in [0.29, 0.717) is 6.61 Å². The van der Waals surface area contributed by atoms with Crippen LogP contribution in [0.25, 0.3) is 0 Å². The van der Waals surface area contributed by atoms with Gasteiger partial charge in [0.25, 0.3) is 0 Å². The fraction of sp³-hybridized carbons (Fsp3) is 0.900. The first-order valence-corrected chi connectivity index (χ1v) is 4.94. The van der Waals surface area contributed by atoms with Crippen LogP contribution in [0.15, 0.2) is 0 Å². The first kappa shape index (κ1) is 12.4. The maximum atomic E-state index is 10.8. The Hall–Kier alpha value is -0.570. The highest BCUT2D eigenvalue weighted by Gasteiger charge is 2.20. The largest absolute Gasteiger partial charge is 0.460 e. The van der Waals surface area contributed by atoms with E-state index >= 15 is 0 Å². The van der Waals surface area contributed by atoms with Crippen molar-refractivity contribution in [1.29, 1.82) is 0 Å². The van der Waals surface area contributed by atoms with Crippen LogP contribution in [-0.4, -0.2) is 24.8 Å². The van der Waals surface area contributed by atoms with Crippen LogP contribution in [0.3, 0.4) is 0 Å². The normalized spacial score (nSPS) is 15.1. The molecule has 0 bridgehead atoms. The van der Waals surface area contributed by atoms with E-state index in [4.69, 9.17) is 9.47 Å². The van der Waals surface area contributed by atoms with Crippen molar-refractivity contribution < 1.29 is 14.3 Å². The minimum atomic E-state index is -0.231. The second kappa shape index (κ2) is 6.89. The maximum Gasteiger partial charge on any atom is 0.302 e. The summed E-state index contributed by atoms with van der Waals surface area (Å²) in [6.07, 6.45) is 1.62. The molecule has 3 heteroatoms. The zero-order chi connectivity index (χ0) is 10.3. The van der Waals surface area contributed by atoms with Gasteiger partial charge in [0, 0.05) is 13.5 Å². The molecule has 0 spiro atoms. The number of ether oxygens (including phenoxy) is 2. The van der Waals surface area contributed by atoms with Gasteiger partial charge in [0.2, 0.25) is 0 Å². The van der Waals surface area contributed by atoms with Gasteiger partial charge in [0.05, 0.1) is 6.10 Å². The third kappa shape index (κ3) is 4.88. The number of carbonyl (C=O) groups excluding carboxylic acids is 1. The van der Waals surface area contributed by atoms with Crippen LogP contribution in [0, 0.1) is 0 Å². The molecule has 0 rings (SSSR count). The predicted molar refractivity (Wildman–Crippen MR) is 51.6 cm³/mol. The average molecular weight is 188 g/mol. The van der Waals surface area contributed by atoms with Crippen molar-refractivity contribution in [2.75, 3.05) is 6.61 Å². The van der Waals surface area contributed by atoms with Gasteiger partial charge in [-0.05, 0) is 19.8 Å². The Kier molecular flexibility index (Phi) is 6.59. The van der Waals surface area contributed by atoms with Crippen molar-refractivity contribution in [3.05, 3.63) is 0 Å². The molecule has 0 aliphatic heterocycles. The Balaban J connectivity index is 4.07. The summed E-state index contributed by atoms with van der Waals surface area (Å²) in [6, 6.07) is 0. The smallest absolute Gasteiger partial charge is 0.302 e. The average Bonchev–Trinajstić information content (AvgIpc) is 2.10. The molecular formula is C10H20O3. The van der Waals surface area contributed by atoms with E-state index in [-0.39, 0.29) is 18.2 Å². The van der Waals surface area contributed by atoms with Crippen LogP contribution in [0.1, 0.15) is 40.5 Å². The summed E-state index contributed by atoms with van der Waals surface area (Å²) in [5, 5.41) is 0. The highest BCUT2D eigenvalue weighted by atomic mass is 16.6. The summed E-state index contributed by atoms with van der Waals surface area (Å²) >= 11 is 0. The molecule has 3 nitrogen and oxygen atoms in total. The quantitative estimate of drug-likeness (QED) is 0.599. The van der Waals surface area contributed by atoms with E-state index in [9.17, 15) is 4.79 Å². The second-order valence-electron chi connectivity index (χ2n) is 2.96. The van der Waals surface area contributed by atoms with Crippen molar-refractivity contribution in [1.82, 2.24) is 0 Å². The topological polar surface area (TPSA) is 35.5 Å². The molecule has 0 aromatic heterocycles. The molecule has 0 aromatic rings. The number of esters is 1. The van der Waals surface area contributed by atoms with E-state index in [2.05, 4.69) is 0 Å². The molecule has 0 radical (unpaired) electrons. The van der Waals surface area contributed by atoms with Crippen molar-refractivity contribution in [3.63, 3.8) is 0 Å². The molecule has 0 saturated heterocycles. The summed E-state index contributed by atoms with van der Waals surface area (Å²) in [7, 11) is 0. The van der Waals surface area contributed by atoms with Crippen LogP contribution in [-0.2, 0) is 14.3 Å². The van der Waals surface area contributed by atoms with Crippen molar-refractivity contribution >= 4 is 5.97 Å². The standard InChI is InChI=1S/C10H20O3/c1-5-9(12-7-3)10(6-2)13-8(4)11/h9-10H,5-7H2,1-4H3. The molecule has 0 amide bonds. The molecule has 0 heterocycles. The van der Waals surface area contributed by atoms with Crippen LogP contribution < -0.4 is 0 Å². The van der Waals surface area contributed by atoms with Gasteiger partial charge in [-0.1, -0.05) is 13.8 Å². The molecule has 2 unspecified atom stereocenters. The molecule has 2 atom stereocenters. The SMILES string of the molecule is CCOC(CC)C(CC)OC(C)=O. The zero-order valence-corrected chi connectivity index (χ0v) is 9.00. The Morgan fingerprint density at radius 1 is 1.15 bits per heavy atom. The highest BCUT2D eigenvalue weighted by Crippen LogP contribution is 2.12. The van der Waals surface area contributed by atoms with E-state index < -0.39 is 0 Å². The lowest BCUT2D eigenvalue weighted by molar-refractivity contribution is -0.155. The molecule has 0 N–H and O–H groups in total. The fourth-order valence-corrected chi connectivity index (χ4v) is 1.34. The molecule has 0 aliphatic rings. The van der Waals surface area contributed by atoms with Gasteiger partial charge in [0.15, 0.2) is 0 Å².